The second-order valence-electron chi connectivity index (χ2n) is 7.00. The molecule has 2 fully saturated rings. The zero-order valence-electron chi connectivity index (χ0n) is 11.5. The molecule has 1 aromatic rings. The molecule has 2 aliphatic carbocycles. The first-order valence-corrected chi connectivity index (χ1v) is 7.73. The quantitative estimate of drug-likeness (QED) is 0.803. The first kappa shape index (κ1) is 12.5. The number of hydrogen-bond acceptors (Lipinski definition) is 1. The average Bonchev–Trinajstić information content (AvgIpc) is 2.78. The third-order valence-corrected chi connectivity index (χ3v) is 5.95. The monoisotopic (exact) mass is 307 g/mol. The summed E-state index contributed by atoms with van der Waals surface area (Å²) in [4.78, 5) is 0. The Morgan fingerprint density at radius 2 is 1.83 bits per heavy atom. The van der Waals surface area contributed by atoms with Gasteiger partial charge in [-0.2, -0.15) is 0 Å². The predicted octanol–water partition coefficient (Wildman–Crippen LogP) is 5.08. The third-order valence-electron chi connectivity index (χ3n) is 5.42. The molecular formula is C16H22BrN. The molecule has 2 aliphatic rings. The molecule has 0 spiro atoms. The highest BCUT2D eigenvalue weighted by Crippen LogP contribution is 2.63. The Hall–Kier alpha value is -0.500. The Kier molecular flexibility index (Phi) is 2.78. The fourth-order valence-electron chi connectivity index (χ4n) is 4.38. The smallest absolute Gasteiger partial charge is 0.0368 e. The van der Waals surface area contributed by atoms with Gasteiger partial charge in [0, 0.05) is 16.2 Å². The van der Waals surface area contributed by atoms with Crippen molar-refractivity contribution in [1.82, 2.24) is 0 Å². The van der Waals surface area contributed by atoms with Gasteiger partial charge >= 0.3 is 0 Å². The summed E-state index contributed by atoms with van der Waals surface area (Å²) in [6, 6.07) is 9.19. The fraction of sp³-hybridized carbons (Fsp3) is 0.625. The van der Waals surface area contributed by atoms with Gasteiger partial charge in [-0.1, -0.05) is 36.7 Å². The number of fused-ring (bicyclic) bond motifs is 2. The van der Waals surface area contributed by atoms with Gasteiger partial charge in [-0.05, 0) is 60.3 Å². The third kappa shape index (κ3) is 1.80. The molecule has 2 saturated carbocycles. The van der Waals surface area contributed by atoms with E-state index in [1.807, 2.05) is 0 Å². The summed E-state index contributed by atoms with van der Waals surface area (Å²) in [5.41, 5.74) is 2.16. The number of nitrogens with one attached hydrogen (secondary N) is 1. The first-order chi connectivity index (χ1) is 8.42. The van der Waals surface area contributed by atoms with Crippen LogP contribution < -0.4 is 5.32 Å². The van der Waals surface area contributed by atoms with E-state index in [2.05, 4.69) is 66.3 Å². The number of anilines is 1. The molecule has 1 aromatic carbocycles. The van der Waals surface area contributed by atoms with Gasteiger partial charge in [-0.15, -0.1) is 0 Å². The molecule has 18 heavy (non-hydrogen) atoms. The van der Waals surface area contributed by atoms with Crippen LogP contribution in [0, 0.1) is 16.7 Å². The lowest BCUT2D eigenvalue weighted by Crippen LogP contribution is -2.45. The molecule has 0 saturated heterocycles. The van der Waals surface area contributed by atoms with Crippen molar-refractivity contribution in [3.8, 4) is 0 Å². The Morgan fingerprint density at radius 1 is 1.17 bits per heavy atom. The summed E-state index contributed by atoms with van der Waals surface area (Å²) in [6.07, 6.45) is 4.20. The molecule has 1 nitrogen and oxygen atoms in total. The van der Waals surface area contributed by atoms with Crippen LogP contribution in [-0.4, -0.2) is 6.04 Å². The minimum atomic E-state index is 0.417. The molecule has 3 atom stereocenters. The SMILES string of the molecule is CC1(C)C(Nc2ccc(Br)cc2)[C@]2(C)CC[C@H]1C2. The maximum Gasteiger partial charge on any atom is 0.0368 e. The summed E-state index contributed by atoms with van der Waals surface area (Å²) in [7, 11) is 0. The lowest BCUT2D eigenvalue weighted by Gasteiger charge is -2.43. The second kappa shape index (κ2) is 4.00. The van der Waals surface area contributed by atoms with Crippen LogP contribution in [0.5, 0.6) is 0 Å². The van der Waals surface area contributed by atoms with Gasteiger partial charge in [0.15, 0.2) is 0 Å². The summed E-state index contributed by atoms with van der Waals surface area (Å²) < 4.78 is 1.14. The fourth-order valence-corrected chi connectivity index (χ4v) is 4.64. The van der Waals surface area contributed by atoms with Crippen molar-refractivity contribution in [2.24, 2.45) is 16.7 Å². The van der Waals surface area contributed by atoms with E-state index >= 15 is 0 Å². The van der Waals surface area contributed by atoms with Gasteiger partial charge in [0.05, 0.1) is 0 Å². The van der Waals surface area contributed by atoms with E-state index in [1.54, 1.807) is 0 Å². The van der Waals surface area contributed by atoms with Gasteiger partial charge in [-0.3, -0.25) is 0 Å². The molecule has 2 heteroatoms. The molecule has 0 aliphatic heterocycles. The topological polar surface area (TPSA) is 12.0 Å². The Labute approximate surface area is 118 Å². The van der Waals surface area contributed by atoms with Gasteiger partial charge in [0.25, 0.3) is 0 Å². The van der Waals surface area contributed by atoms with Crippen molar-refractivity contribution in [1.29, 1.82) is 0 Å². The van der Waals surface area contributed by atoms with Crippen LogP contribution in [0.25, 0.3) is 0 Å². The second-order valence-corrected chi connectivity index (χ2v) is 7.92. The average molecular weight is 308 g/mol. The van der Waals surface area contributed by atoms with Crippen molar-refractivity contribution in [2.75, 3.05) is 5.32 Å². The van der Waals surface area contributed by atoms with Crippen molar-refractivity contribution < 1.29 is 0 Å². The van der Waals surface area contributed by atoms with E-state index in [4.69, 9.17) is 0 Å². The highest BCUT2D eigenvalue weighted by Gasteiger charge is 2.59. The molecule has 98 valence electrons. The van der Waals surface area contributed by atoms with E-state index in [0.717, 1.165) is 10.4 Å². The van der Waals surface area contributed by atoms with Crippen molar-refractivity contribution >= 4 is 21.6 Å². The van der Waals surface area contributed by atoms with Gasteiger partial charge in [0.2, 0.25) is 0 Å². The Bertz CT molecular complexity index is 446. The largest absolute Gasteiger partial charge is 0.381 e. The normalized spacial score (nSPS) is 36.9. The number of rotatable bonds is 2. The summed E-state index contributed by atoms with van der Waals surface area (Å²) in [5, 5.41) is 3.81. The van der Waals surface area contributed by atoms with Crippen LogP contribution in [-0.2, 0) is 0 Å². The van der Waals surface area contributed by atoms with E-state index in [0.29, 0.717) is 16.9 Å². The molecular weight excluding hydrogens is 286 g/mol. The van der Waals surface area contributed by atoms with Crippen molar-refractivity contribution in [3.63, 3.8) is 0 Å². The first-order valence-electron chi connectivity index (χ1n) is 6.94. The summed E-state index contributed by atoms with van der Waals surface area (Å²) in [6.45, 7) is 7.36. The van der Waals surface area contributed by atoms with Crippen LogP contribution in [0.3, 0.4) is 0 Å². The molecule has 0 amide bonds. The van der Waals surface area contributed by atoms with Crippen LogP contribution in [0.2, 0.25) is 0 Å². The Morgan fingerprint density at radius 3 is 2.39 bits per heavy atom. The molecule has 0 heterocycles. The van der Waals surface area contributed by atoms with Crippen LogP contribution in [0.4, 0.5) is 5.69 Å². The van der Waals surface area contributed by atoms with Gasteiger partial charge in [0.1, 0.15) is 0 Å². The highest BCUT2D eigenvalue weighted by molar-refractivity contribution is 9.10. The van der Waals surface area contributed by atoms with Gasteiger partial charge in [-0.25, -0.2) is 0 Å². The Balaban J connectivity index is 1.86. The van der Waals surface area contributed by atoms with Crippen molar-refractivity contribution in [3.05, 3.63) is 28.7 Å². The van der Waals surface area contributed by atoms with E-state index < -0.39 is 0 Å². The standard InChI is InChI=1S/C16H22BrN/c1-15(2)11-8-9-16(3,10-11)14(15)18-13-6-4-12(17)5-7-13/h4-7,11,14,18H,8-10H2,1-3H3/t11-,14?,16+/m0/s1. The number of benzene rings is 1. The van der Waals surface area contributed by atoms with Crippen LogP contribution in [0.15, 0.2) is 28.7 Å². The van der Waals surface area contributed by atoms with E-state index in [-0.39, 0.29) is 0 Å². The van der Waals surface area contributed by atoms with Crippen LogP contribution in [0.1, 0.15) is 40.0 Å². The molecule has 1 N–H and O–H groups in total. The number of hydrogen-bond donors (Lipinski definition) is 1. The van der Waals surface area contributed by atoms with E-state index in [9.17, 15) is 0 Å². The number of halogens is 1. The van der Waals surface area contributed by atoms with Gasteiger partial charge < -0.3 is 5.32 Å². The summed E-state index contributed by atoms with van der Waals surface area (Å²) >= 11 is 3.50. The minimum Gasteiger partial charge on any atom is -0.381 e. The lowest BCUT2D eigenvalue weighted by atomic mass is 9.68. The zero-order valence-corrected chi connectivity index (χ0v) is 13.0. The summed E-state index contributed by atoms with van der Waals surface area (Å²) in [5.74, 6) is 0.899. The lowest BCUT2D eigenvalue weighted by molar-refractivity contribution is 0.155. The molecule has 1 unspecified atom stereocenters. The predicted molar refractivity (Wildman–Crippen MR) is 80.8 cm³/mol. The minimum absolute atomic E-state index is 0.417. The van der Waals surface area contributed by atoms with Crippen molar-refractivity contribution in [2.45, 2.75) is 46.1 Å². The molecule has 0 aromatic heterocycles. The zero-order chi connectivity index (χ0) is 13.0. The molecule has 2 bridgehead atoms. The van der Waals surface area contributed by atoms with E-state index in [1.165, 1.54) is 24.9 Å². The highest BCUT2D eigenvalue weighted by atomic mass is 79.9. The van der Waals surface area contributed by atoms with Crippen LogP contribution >= 0.6 is 15.9 Å². The maximum absolute atomic E-state index is 3.81. The molecule has 0 radical (unpaired) electrons. The molecule has 3 rings (SSSR count). The maximum atomic E-state index is 3.81.